The van der Waals surface area contributed by atoms with E-state index >= 15 is 0 Å². The summed E-state index contributed by atoms with van der Waals surface area (Å²) >= 11 is 0. The summed E-state index contributed by atoms with van der Waals surface area (Å²) in [5.74, 6) is 5.27. The maximum atomic E-state index is 14.0. The molecule has 20 heavy (non-hydrogen) atoms. The number of benzene rings is 1. The Morgan fingerprint density at radius 3 is 2.85 bits per heavy atom. The fourth-order valence-electron chi connectivity index (χ4n) is 2.09. The number of carbonyl (C=O) groups excluding carboxylic acids is 1. The van der Waals surface area contributed by atoms with E-state index in [0.29, 0.717) is 30.8 Å². The first-order chi connectivity index (χ1) is 9.60. The summed E-state index contributed by atoms with van der Waals surface area (Å²) in [7, 11) is 1.78. The van der Waals surface area contributed by atoms with Crippen LogP contribution in [0.2, 0.25) is 0 Å². The fraction of sp³-hybridized carbons (Fsp3) is 0.400. The molecule has 0 saturated carbocycles. The Balaban J connectivity index is 2.05. The summed E-state index contributed by atoms with van der Waals surface area (Å²) < 4.78 is 14.0. The maximum absolute atomic E-state index is 14.0. The van der Waals surface area contributed by atoms with Gasteiger partial charge in [-0.1, -0.05) is 17.9 Å². The lowest BCUT2D eigenvalue weighted by atomic mass is 10.1. The molecule has 0 spiro atoms. The molecule has 106 valence electrons. The first kappa shape index (κ1) is 14.5. The van der Waals surface area contributed by atoms with Gasteiger partial charge in [-0.25, -0.2) is 4.39 Å². The molecule has 0 aliphatic carbocycles. The van der Waals surface area contributed by atoms with Crippen LogP contribution < -0.4 is 5.73 Å². The monoisotopic (exact) mass is 275 g/mol. The van der Waals surface area contributed by atoms with Crippen LogP contribution in [-0.4, -0.2) is 48.9 Å². The van der Waals surface area contributed by atoms with Crippen molar-refractivity contribution in [2.75, 3.05) is 33.2 Å². The van der Waals surface area contributed by atoms with Gasteiger partial charge < -0.3 is 10.6 Å². The van der Waals surface area contributed by atoms with Gasteiger partial charge in [-0.3, -0.25) is 9.69 Å². The highest BCUT2D eigenvalue weighted by molar-refractivity contribution is 5.78. The lowest BCUT2D eigenvalue weighted by Crippen LogP contribution is -2.48. The minimum atomic E-state index is -0.291. The second kappa shape index (κ2) is 6.51. The number of nitrogens with two attached hydrogens (primary N) is 1. The molecule has 1 aliphatic rings. The van der Waals surface area contributed by atoms with Gasteiger partial charge >= 0.3 is 0 Å². The van der Waals surface area contributed by atoms with Crippen molar-refractivity contribution in [1.82, 2.24) is 9.80 Å². The van der Waals surface area contributed by atoms with Crippen molar-refractivity contribution in [3.63, 3.8) is 0 Å². The van der Waals surface area contributed by atoms with Crippen LogP contribution in [0.25, 0.3) is 0 Å². The Hall–Kier alpha value is -1.90. The summed E-state index contributed by atoms with van der Waals surface area (Å²) in [6, 6.07) is 4.91. The van der Waals surface area contributed by atoms with E-state index < -0.39 is 0 Å². The Morgan fingerprint density at radius 1 is 1.40 bits per heavy atom. The fourth-order valence-corrected chi connectivity index (χ4v) is 2.09. The molecule has 0 radical (unpaired) electrons. The Kier molecular flexibility index (Phi) is 4.72. The zero-order valence-corrected chi connectivity index (χ0v) is 11.5. The van der Waals surface area contributed by atoms with E-state index in [-0.39, 0.29) is 18.3 Å². The van der Waals surface area contributed by atoms with Crippen molar-refractivity contribution in [3.05, 3.63) is 35.1 Å². The molecule has 4 nitrogen and oxygen atoms in total. The van der Waals surface area contributed by atoms with E-state index in [9.17, 15) is 9.18 Å². The molecule has 0 unspecified atom stereocenters. The molecule has 1 fully saturated rings. The molecule has 2 rings (SSSR count). The van der Waals surface area contributed by atoms with Crippen LogP contribution in [0, 0.1) is 17.7 Å². The van der Waals surface area contributed by atoms with Crippen molar-refractivity contribution in [3.8, 4) is 11.8 Å². The van der Waals surface area contributed by atoms with Gasteiger partial charge in [0, 0.05) is 37.8 Å². The second-order valence-corrected chi connectivity index (χ2v) is 4.84. The number of likely N-dealkylation sites (N-methyl/N-ethyl adjacent to an activating group) is 1. The smallest absolute Gasteiger partial charge is 0.236 e. The van der Waals surface area contributed by atoms with E-state index in [1.165, 1.54) is 6.07 Å². The Labute approximate surface area is 118 Å². The number of hydrogen-bond acceptors (Lipinski definition) is 3. The molecule has 0 bridgehead atoms. The number of amides is 1. The summed E-state index contributed by atoms with van der Waals surface area (Å²) in [5.41, 5.74) is 6.48. The highest BCUT2D eigenvalue weighted by Crippen LogP contribution is 2.14. The number of carbonyl (C=O) groups is 1. The molecular formula is C15H18FN3O. The third-order valence-corrected chi connectivity index (χ3v) is 3.32. The lowest BCUT2D eigenvalue weighted by Gasteiger charge is -2.31. The minimum absolute atomic E-state index is 0.0714. The summed E-state index contributed by atoms with van der Waals surface area (Å²) in [5, 5.41) is 0. The van der Waals surface area contributed by atoms with E-state index in [4.69, 9.17) is 5.73 Å². The minimum Gasteiger partial charge on any atom is -0.343 e. The van der Waals surface area contributed by atoms with E-state index in [0.717, 1.165) is 6.54 Å². The van der Waals surface area contributed by atoms with E-state index in [1.807, 2.05) is 4.90 Å². The average molecular weight is 275 g/mol. The van der Waals surface area contributed by atoms with Crippen LogP contribution in [0.5, 0.6) is 0 Å². The van der Waals surface area contributed by atoms with Gasteiger partial charge in [0.05, 0.1) is 13.1 Å². The molecule has 0 aromatic heterocycles. The zero-order chi connectivity index (χ0) is 14.5. The van der Waals surface area contributed by atoms with Gasteiger partial charge in [-0.15, -0.1) is 0 Å². The predicted octanol–water partition coefficient (Wildman–Crippen LogP) is 0.410. The quantitative estimate of drug-likeness (QED) is 0.795. The Bertz CT molecular complexity index is 562. The van der Waals surface area contributed by atoms with Gasteiger partial charge in [0.2, 0.25) is 5.91 Å². The van der Waals surface area contributed by atoms with Gasteiger partial charge in [0.25, 0.3) is 0 Å². The standard InChI is InChI=1S/C15H18FN3O/c1-18-7-8-19(11-15(18)20)10-13-5-4-12(3-2-6-17)9-14(13)16/h4-5,9H,6-8,10-11,17H2,1H3. The van der Waals surface area contributed by atoms with Crippen molar-refractivity contribution in [2.24, 2.45) is 5.73 Å². The first-order valence-electron chi connectivity index (χ1n) is 6.54. The van der Waals surface area contributed by atoms with Crippen molar-refractivity contribution >= 4 is 5.91 Å². The number of hydrogen-bond donors (Lipinski definition) is 1. The normalized spacial score (nSPS) is 15.9. The zero-order valence-electron chi connectivity index (χ0n) is 11.5. The Morgan fingerprint density at radius 2 is 2.20 bits per heavy atom. The third kappa shape index (κ3) is 3.56. The molecule has 1 saturated heterocycles. The van der Waals surface area contributed by atoms with Crippen LogP contribution in [0.3, 0.4) is 0 Å². The average Bonchev–Trinajstić information content (AvgIpc) is 2.43. The van der Waals surface area contributed by atoms with Crippen LogP contribution in [0.4, 0.5) is 4.39 Å². The largest absolute Gasteiger partial charge is 0.343 e. The first-order valence-corrected chi connectivity index (χ1v) is 6.54. The third-order valence-electron chi connectivity index (χ3n) is 3.32. The van der Waals surface area contributed by atoms with Gasteiger partial charge in [0.15, 0.2) is 0 Å². The number of rotatable bonds is 2. The number of piperazine rings is 1. The van der Waals surface area contributed by atoms with Gasteiger partial charge in [-0.2, -0.15) is 0 Å². The molecule has 1 amide bonds. The SMILES string of the molecule is CN1CCN(Cc2ccc(C#CCN)cc2F)CC1=O. The topological polar surface area (TPSA) is 49.6 Å². The maximum Gasteiger partial charge on any atom is 0.236 e. The molecular weight excluding hydrogens is 257 g/mol. The molecule has 5 heteroatoms. The lowest BCUT2D eigenvalue weighted by molar-refractivity contribution is -0.134. The van der Waals surface area contributed by atoms with Crippen LogP contribution >= 0.6 is 0 Å². The molecule has 1 aliphatic heterocycles. The van der Waals surface area contributed by atoms with Crippen molar-refractivity contribution in [2.45, 2.75) is 6.54 Å². The van der Waals surface area contributed by atoms with Gasteiger partial charge in [-0.05, 0) is 12.1 Å². The number of halogens is 1. The van der Waals surface area contributed by atoms with Crippen LogP contribution in [-0.2, 0) is 11.3 Å². The van der Waals surface area contributed by atoms with E-state index in [2.05, 4.69) is 11.8 Å². The number of nitrogens with zero attached hydrogens (tertiary/aromatic N) is 2. The summed E-state index contributed by atoms with van der Waals surface area (Å²) in [6.45, 7) is 2.48. The molecule has 1 heterocycles. The molecule has 1 aromatic carbocycles. The second-order valence-electron chi connectivity index (χ2n) is 4.84. The van der Waals surface area contributed by atoms with E-state index in [1.54, 1.807) is 24.1 Å². The highest BCUT2D eigenvalue weighted by atomic mass is 19.1. The predicted molar refractivity (Wildman–Crippen MR) is 75.2 cm³/mol. The van der Waals surface area contributed by atoms with Crippen LogP contribution in [0.1, 0.15) is 11.1 Å². The summed E-state index contributed by atoms with van der Waals surface area (Å²) in [4.78, 5) is 15.3. The summed E-state index contributed by atoms with van der Waals surface area (Å²) in [6.07, 6.45) is 0. The van der Waals surface area contributed by atoms with Crippen LogP contribution in [0.15, 0.2) is 18.2 Å². The molecule has 1 aromatic rings. The molecule has 2 N–H and O–H groups in total. The highest BCUT2D eigenvalue weighted by Gasteiger charge is 2.21. The van der Waals surface area contributed by atoms with Crippen molar-refractivity contribution in [1.29, 1.82) is 0 Å². The molecule has 0 atom stereocenters. The van der Waals surface area contributed by atoms with Gasteiger partial charge in [0.1, 0.15) is 5.82 Å². The van der Waals surface area contributed by atoms with Crippen molar-refractivity contribution < 1.29 is 9.18 Å².